The Balaban J connectivity index is 1.22. The van der Waals surface area contributed by atoms with Gasteiger partial charge in [0.25, 0.3) is 0 Å². The molecule has 3 N–H and O–H groups in total. The summed E-state index contributed by atoms with van der Waals surface area (Å²) in [5, 5.41) is 30.7. The number of aliphatic hydroxyl groups is 2. The van der Waals surface area contributed by atoms with E-state index in [4.69, 9.17) is 37.9 Å². The largest absolute Gasteiger partial charge is 0.481 e. The summed E-state index contributed by atoms with van der Waals surface area (Å²) < 4.78 is 54.0. The third-order valence-electron chi connectivity index (χ3n) is 15.9. The van der Waals surface area contributed by atoms with Gasteiger partial charge in [-0.1, -0.05) is 61.5 Å². The number of ketones is 1. The van der Waals surface area contributed by atoms with Crippen molar-refractivity contribution in [2.24, 2.45) is 47.3 Å². The number of rotatable bonds is 13. The topological polar surface area (TPSA) is 169 Å². The van der Waals surface area contributed by atoms with Gasteiger partial charge in [-0.05, 0) is 77.2 Å². The number of allylic oxidation sites excluding steroid dienone is 1. The summed E-state index contributed by atoms with van der Waals surface area (Å²) in [6.45, 7) is 21.6. The second-order valence-electron chi connectivity index (χ2n) is 20.5. The highest BCUT2D eigenvalue weighted by Gasteiger charge is 2.64. The van der Waals surface area contributed by atoms with E-state index >= 15 is 0 Å². The third-order valence-corrected chi connectivity index (χ3v) is 15.9. The van der Waals surface area contributed by atoms with Crippen LogP contribution in [-0.4, -0.2) is 113 Å². The molecule has 13 nitrogen and oxygen atoms in total. The van der Waals surface area contributed by atoms with Crippen LogP contribution in [0.1, 0.15) is 140 Å². The van der Waals surface area contributed by atoms with E-state index in [9.17, 15) is 24.9 Å². The van der Waals surface area contributed by atoms with Gasteiger partial charge in [0.1, 0.15) is 0 Å². The molecule has 4 unspecified atom stereocenters. The number of methoxy groups -OCH3 is 1. The van der Waals surface area contributed by atoms with Crippen LogP contribution in [0.4, 0.5) is 0 Å². The fourth-order valence-corrected chi connectivity index (χ4v) is 11.7. The van der Waals surface area contributed by atoms with Crippen molar-refractivity contribution in [3.05, 3.63) is 11.6 Å². The molecule has 6 saturated heterocycles. The molecule has 6 rings (SSSR count). The molecular formula is C47H78O13. The van der Waals surface area contributed by atoms with E-state index < -0.39 is 53.7 Å². The van der Waals surface area contributed by atoms with Gasteiger partial charge in [-0.2, -0.15) is 0 Å². The molecule has 0 aromatic heterocycles. The minimum Gasteiger partial charge on any atom is -0.481 e. The summed E-state index contributed by atoms with van der Waals surface area (Å²) in [5.41, 5.74) is -0.116. The molecule has 20 atom stereocenters. The maximum atomic E-state index is 13.5. The molecule has 6 aliphatic heterocycles. The Bertz CT molecular complexity index is 1540. The summed E-state index contributed by atoms with van der Waals surface area (Å²) in [4.78, 5) is 25.0. The molecule has 6 fully saturated rings. The van der Waals surface area contributed by atoms with Gasteiger partial charge in [0.15, 0.2) is 29.4 Å². The summed E-state index contributed by atoms with van der Waals surface area (Å²) in [6.07, 6.45) is 6.69. The van der Waals surface area contributed by atoms with Crippen molar-refractivity contribution in [3.8, 4) is 0 Å². The number of carbonyl (C=O) groups is 2. The number of hydrogen-bond acceptors (Lipinski definition) is 12. The average molecular weight is 851 g/mol. The molecule has 0 aromatic carbocycles. The van der Waals surface area contributed by atoms with E-state index in [1.165, 1.54) is 0 Å². The summed E-state index contributed by atoms with van der Waals surface area (Å²) in [6, 6.07) is 0. The Kier molecular flexibility index (Phi) is 14.8. The lowest BCUT2D eigenvalue weighted by molar-refractivity contribution is -0.382. The third kappa shape index (κ3) is 9.33. The Hall–Kier alpha value is -1.52. The van der Waals surface area contributed by atoms with Crippen molar-refractivity contribution in [1.29, 1.82) is 0 Å². The predicted molar refractivity (Wildman–Crippen MR) is 222 cm³/mol. The van der Waals surface area contributed by atoms with Crippen molar-refractivity contribution in [1.82, 2.24) is 0 Å². The molecule has 0 bridgehead atoms. The second kappa shape index (κ2) is 18.5. The van der Waals surface area contributed by atoms with Crippen molar-refractivity contribution in [2.75, 3.05) is 13.7 Å². The fraction of sp³-hybridized carbons (Fsp3) is 0.915. The van der Waals surface area contributed by atoms with Gasteiger partial charge in [-0.25, -0.2) is 0 Å². The van der Waals surface area contributed by atoms with Crippen molar-refractivity contribution in [2.45, 2.75) is 212 Å². The standard InChI is InChI=1S/C47H78O13/c1-25(19-26(2)41(49)27(3)20-29(5)43(50)51)36-23-37(55-40-16-14-35(53-12)34(10)54-40)33(9)46(56-36)18-17-44(11,60-46)39-15-13-30(6)47(58-39)32(8)22-38(57-47)42-28(4)21-31(7)45(52,24-48)59-42/h19,25,27-40,42,48,52H,13-18,20-24H2,1-12H3,(H,50,51)/b26-19+/t25-,27-,28+,29+,30-,31-,32+,33-,34?,35?,36+,37-,38-,39?,40?,42+,44+,45+,46-,47-/m1/s1. The molecule has 0 saturated carbocycles. The molecule has 0 radical (unpaired) electrons. The fourth-order valence-electron chi connectivity index (χ4n) is 11.7. The monoisotopic (exact) mass is 851 g/mol. The van der Waals surface area contributed by atoms with E-state index in [0.29, 0.717) is 37.7 Å². The maximum absolute atomic E-state index is 13.5. The SMILES string of the molecule is COC1CCC(O[C@@H]2C[C@@H]([C@H](C)/C=C(\C)C(=O)[C@H](C)C[C@H](C)C(=O)O)O[C@@]3(CC[C@@](C)(C4CC[C@@H](C)[C@]5(O4)O[C@@H]([C@H]4O[C@@](O)(CO)[C@H](C)C[C@@H]4C)C[C@@H]5C)O3)[C@@H]2C)OC1C. The number of carbonyl (C=O) groups excluding carboxylic acids is 1. The minimum atomic E-state index is -1.61. The van der Waals surface area contributed by atoms with Gasteiger partial charge in [-0.3, -0.25) is 9.59 Å². The van der Waals surface area contributed by atoms with Crippen LogP contribution in [-0.2, 0) is 47.5 Å². The Labute approximate surface area is 358 Å². The average Bonchev–Trinajstić information content (AvgIpc) is 3.72. The van der Waals surface area contributed by atoms with Crippen LogP contribution in [0.2, 0.25) is 0 Å². The Morgan fingerprint density at radius 2 is 1.57 bits per heavy atom. The smallest absolute Gasteiger partial charge is 0.306 e. The normalized spacial score (nSPS) is 48.0. The zero-order chi connectivity index (χ0) is 44.1. The number of aliphatic hydroxyl groups excluding tert-OH is 1. The Morgan fingerprint density at radius 3 is 2.22 bits per heavy atom. The molecule has 0 aliphatic carbocycles. The molecule has 2 spiro atoms. The van der Waals surface area contributed by atoms with E-state index in [-0.39, 0.29) is 90.4 Å². The number of hydrogen-bond donors (Lipinski definition) is 3. The molecule has 6 heterocycles. The number of carboxylic acids is 1. The quantitative estimate of drug-likeness (QED) is 0.160. The van der Waals surface area contributed by atoms with E-state index in [1.807, 2.05) is 26.8 Å². The van der Waals surface area contributed by atoms with Gasteiger partial charge in [0.05, 0.1) is 60.9 Å². The highest BCUT2D eigenvalue weighted by atomic mass is 16.8. The Morgan fingerprint density at radius 1 is 0.850 bits per heavy atom. The maximum Gasteiger partial charge on any atom is 0.306 e. The second-order valence-corrected chi connectivity index (χ2v) is 20.5. The van der Waals surface area contributed by atoms with E-state index in [1.54, 1.807) is 21.0 Å². The molecule has 13 heteroatoms. The van der Waals surface area contributed by atoms with Gasteiger partial charge >= 0.3 is 5.97 Å². The molecular weight excluding hydrogens is 773 g/mol. The van der Waals surface area contributed by atoms with Crippen LogP contribution in [0.25, 0.3) is 0 Å². The summed E-state index contributed by atoms with van der Waals surface area (Å²) in [7, 11) is 1.71. The first-order chi connectivity index (χ1) is 28.1. The number of carboxylic acid groups (broad SMARTS) is 1. The van der Waals surface area contributed by atoms with Gasteiger partial charge in [0, 0.05) is 61.9 Å². The zero-order valence-corrected chi connectivity index (χ0v) is 38.5. The minimum absolute atomic E-state index is 0.0101. The van der Waals surface area contributed by atoms with Crippen molar-refractivity contribution in [3.63, 3.8) is 0 Å². The summed E-state index contributed by atoms with van der Waals surface area (Å²) in [5.74, 6) is -5.73. The van der Waals surface area contributed by atoms with Crippen LogP contribution in [0.15, 0.2) is 11.6 Å². The lowest BCUT2D eigenvalue weighted by Gasteiger charge is -2.52. The van der Waals surface area contributed by atoms with Crippen LogP contribution in [0.3, 0.4) is 0 Å². The molecule has 6 aliphatic rings. The predicted octanol–water partition coefficient (Wildman–Crippen LogP) is 7.18. The summed E-state index contributed by atoms with van der Waals surface area (Å²) >= 11 is 0. The lowest BCUT2D eigenvalue weighted by Crippen LogP contribution is -2.60. The first kappa shape index (κ1) is 47.9. The van der Waals surface area contributed by atoms with Crippen LogP contribution < -0.4 is 0 Å². The highest BCUT2D eigenvalue weighted by molar-refractivity contribution is 5.96. The van der Waals surface area contributed by atoms with Crippen molar-refractivity contribution >= 4 is 11.8 Å². The van der Waals surface area contributed by atoms with Gasteiger partial charge in [-0.15, -0.1) is 0 Å². The number of ether oxygens (including phenoxy) is 8. The first-order valence-corrected chi connectivity index (χ1v) is 23.1. The van der Waals surface area contributed by atoms with Crippen LogP contribution >= 0.6 is 0 Å². The molecule has 0 aromatic rings. The highest BCUT2D eigenvalue weighted by Crippen LogP contribution is 2.57. The van der Waals surface area contributed by atoms with Crippen LogP contribution in [0, 0.1) is 47.3 Å². The first-order valence-electron chi connectivity index (χ1n) is 23.1. The zero-order valence-electron chi connectivity index (χ0n) is 38.5. The molecule has 344 valence electrons. The van der Waals surface area contributed by atoms with Crippen LogP contribution in [0.5, 0.6) is 0 Å². The lowest BCUT2D eigenvalue weighted by atomic mass is 9.78. The van der Waals surface area contributed by atoms with Crippen molar-refractivity contribution < 1.29 is 62.8 Å². The van der Waals surface area contributed by atoms with Gasteiger partial charge < -0.3 is 53.2 Å². The van der Waals surface area contributed by atoms with E-state index in [2.05, 4.69) is 41.5 Å². The van der Waals surface area contributed by atoms with E-state index in [0.717, 1.165) is 25.7 Å². The van der Waals surface area contributed by atoms with Gasteiger partial charge in [0.2, 0.25) is 0 Å². The molecule has 0 amide bonds. The molecule has 60 heavy (non-hydrogen) atoms. The number of Topliss-reactive ketones (excluding diaryl/α,β-unsaturated/α-hetero) is 1. The number of aliphatic carboxylic acids is 1.